The lowest BCUT2D eigenvalue weighted by Gasteiger charge is -2.39. The van der Waals surface area contributed by atoms with Crippen LogP contribution in [0.2, 0.25) is 0 Å². The SMILES string of the molecule is CC(C)(C)OC(=O)N1C=C([B]OC(C)(C)C(C)(C)O)C1. The van der Waals surface area contributed by atoms with Gasteiger partial charge in [0.1, 0.15) is 5.60 Å². The summed E-state index contributed by atoms with van der Waals surface area (Å²) >= 11 is 0. The molecule has 0 aromatic carbocycles. The van der Waals surface area contributed by atoms with Crippen LogP contribution in [-0.4, -0.2) is 46.9 Å². The molecule has 1 aliphatic heterocycles. The van der Waals surface area contributed by atoms with E-state index in [2.05, 4.69) is 0 Å². The second kappa shape index (κ2) is 5.41. The summed E-state index contributed by atoms with van der Waals surface area (Å²) in [4.78, 5) is 13.2. The molecule has 1 N–H and O–H groups in total. The summed E-state index contributed by atoms with van der Waals surface area (Å²) < 4.78 is 10.8. The number of hydrogen-bond donors (Lipinski definition) is 1. The largest absolute Gasteiger partial charge is 0.443 e. The molecule has 0 saturated carbocycles. The van der Waals surface area contributed by atoms with E-state index in [9.17, 15) is 9.90 Å². The zero-order valence-corrected chi connectivity index (χ0v) is 13.5. The van der Waals surface area contributed by atoms with Crippen LogP contribution in [0.1, 0.15) is 48.5 Å². The summed E-state index contributed by atoms with van der Waals surface area (Å²) in [7, 11) is 1.58. The van der Waals surface area contributed by atoms with E-state index in [-0.39, 0.29) is 6.09 Å². The Kier molecular flexibility index (Phi) is 4.61. The molecule has 0 unspecified atom stereocenters. The highest BCUT2D eigenvalue weighted by Crippen LogP contribution is 2.26. The minimum atomic E-state index is -0.960. The minimum Gasteiger partial charge on any atom is -0.443 e. The zero-order valence-electron chi connectivity index (χ0n) is 13.5. The van der Waals surface area contributed by atoms with Gasteiger partial charge in [0.15, 0.2) is 0 Å². The summed E-state index contributed by atoms with van der Waals surface area (Å²) in [5.41, 5.74) is -1.28. The monoisotopic (exact) mass is 282 g/mol. The van der Waals surface area contributed by atoms with Crippen LogP contribution in [0, 0.1) is 0 Å². The molecule has 5 nitrogen and oxygen atoms in total. The Balaban J connectivity index is 2.44. The molecule has 0 fully saturated rings. The van der Waals surface area contributed by atoms with Crippen LogP contribution in [0.5, 0.6) is 0 Å². The van der Waals surface area contributed by atoms with Gasteiger partial charge in [-0.05, 0) is 53.9 Å². The van der Waals surface area contributed by atoms with E-state index >= 15 is 0 Å². The Labute approximate surface area is 122 Å². The van der Waals surface area contributed by atoms with E-state index in [0.29, 0.717) is 6.54 Å². The van der Waals surface area contributed by atoms with Crippen LogP contribution < -0.4 is 0 Å². The van der Waals surface area contributed by atoms with Gasteiger partial charge >= 0.3 is 13.6 Å². The average molecular weight is 282 g/mol. The first kappa shape index (κ1) is 17.0. The third-order valence-electron chi connectivity index (χ3n) is 3.28. The van der Waals surface area contributed by atoms with Crippen molar-refractivity contribution in [1.82, 2.24) is 4.90 Å². The molecular formula is C14H25BNO4. The van der Waals surface area contributed by atoms with Crippen molar-refractivity contribution < 1.29 is 19.3 Å². The Morgan fingerprint density at radius 2 is 1.75 bits per heavy atom. The number of hydrogen-bond acceptors (Lipinski definition) is 4. The molecule has 1 aliphatic rings. The lowest BCUT2D eigenvalue weighted by atomic mass is 9.80. The van der Waals surface area contributed by atoms with Gasteiger partial charge in [0.05, 0.1) is 11.2 Å². The van der Waals surface area contributed by atoms with Crippen LogP contribution in [-0.2, 0) is 9.39 Å². The van der Waals surface area contributed by atoms with E-state index < -0.39 is 16.8 Å². The highest BCUT2D eigenvalue weighted by atomic mass is 16.6. The normalized spacial score (nSPS) is 16.4. The summed E-state index contributed by atoms with van der Waals surface area (Å²) in [6.07, 6.45) is 1.31. The summed E-state index contributed by atoms with van der Waals surface area (Å²) in [6, 6.07) is 0. The minimum absolute atomic E-state index is 0.364. The third-order valence-corrected chi connectivity index (χ3v) is 3.28. The Morgan fingerprint density at radius 1 is 1.25 bits per heavy atom. The maximum absolute atomic E-state index is 11.7. The molecule has 1 radical (unpaired) electrons. The second-order valence-electron chi connectivity index (χ2n) is 7.12. The van der Waals surface area contributed by atoms with E-state index in [1.807, 2.05) is 34.6 Å². The lowest BCUT2D eigenvalue weighted by Crippen LogP contribution is -2.49. The molecule has 0 aromatic heterocycles. The zero-order chi connectivity index (χ0) is 15.8. The summed E-state index contributed by atoms with van der Waals surface area (Å²) in [5, 5.41) is 9.97. The van der Waals surface area contributed by atoms with Gasteiger partial charge in [-0.25, -0.2) is 4.79 Å². The molecular weight excluding hydrogens is 257 g/mol. The molecule has 0 aliphatic carbocycles. The van der Waals surface area contributed by atoms with E-state index in [4.69, 9.17) is 9.39 Å². The number of carbonyl (C=O) groups excluding carboxylic acids is 1. The maximum atomic E-state index is 11.7. The fourth-order valence-corrected chi connectivity index (χ4v) is 1.24. The van der Waals surface area contributed by atoms with Gasteiger partial charge in [-0.2, -0.15) is 0 Å². The number of nitrogens with zero attached hydrogens (tertiary/aromatic N) is 1. The molecule has 0 spiro atoms. The van der Waals surface area contributed by atoms with Gasteiger partial charge in [0, 0.05) is 12.7 Å². The van der Waals surface area contributed by atoms with Gasteiger partial charge in [-0.1, -0.05) is 0 Å². The molecule has 1 heterocycles. The van der Waals surface area contributed by atoms with Gasteiger partial charge in [-0.15, -0.1) is 0 Å². The van der Waals surface area contributed by atoms with Crippen molar-refractivity contribution in [3.05, 3.63) is 11.7 Å². The van der Waals surface area contributed by atoms with Crippen molar-refractivity contribution in [3.63, 3.8) is 0 Å². The van der Waals surface area contributed by atoms with Crippen LogP contribution in [0.15, 0.2) is 11.7 Å². The van der Waals surface area contributed by atoms with Crippen molar-refractivity contribution in [1.29, 1.82) is 0 Å². The van der Waals surface area contributed by atoms with Gasteiger partial charge in [0.2, 0.25) is 0 Å². The van der Waals surface area contributed by atoms with Crippen molar-refractivity contribution in [2.24, 2.45) is 0 Å². The Morgan fingerprint density at radius 3 is 2.15 bits per heavy atom. The highest BCUT2D eigenvalue weighted by molar-refractivity contribution is 6.39. The summed E-state index contributed by atoms with van der Waals surface area (Å²) in [6.45, 7) is 13.0. The molecule has 0 bridgehead atoms. The number of amides is 1. The molecule has 0 saturated heterocycles. The summed E-state index contributed by atoms with van der Waals surface area (Å²) in [5.74, 6) is 0. The van der Waals surface area contributed by atoms with E-state index in [1.54, 1.807) is 27.5 Å². The first-order chi connectivity index (χ1) is 8.82. The van der Waals surface area contributed by atoms with E-state index in [0.717, 1.165) is 5.47 Å². The Hall–Kier alpha value is -1.01. The average Bonchev–Trinajstić information content (AvgIpc) is 2.09. The van der Waals surface area contributed by atoms with Crippen molar-refractivity contribution in [2.45, 2.75) is 65.3 Å². The van der Waals surface area contributed by atoms with Crippen molar-refractivity contribution in [2.75, 3.05) is 6.54 Å². The predicted octanol–water partition coefficient (Wildman–Crippen LogP) is 2.26. The fraction of sp³-hybridized carbons (Fsp3) is 0.786. The van der Waals surface area contributed by atoms with Gasteiger partial charge in [-0.3, -0.25) is 4.90 Å². The smallest absolute Gasteiger partial charge is 0.414 e. The van der Waals surface area contributed by atoms with Gasteiger partial charge in [0.25, 0.3) is 0 Å². The fourth-order valence-electron chi connectivity index (χ4n) is 1.24. The number of ether oxygens (including phenoxy) is 1. The molecule has 20 heavy (non-hydrogen) atoms. The first-order valence-corrected chi connectivity index (χ1v) is 6.75. The van der Waals surface area contributed by atoms with Crippen LogP contribution in [0.25, 0.3) is 0 Å². The van der Waals surface area contributed by atoms with Crippen LogP contribution in [0.4, 0.5) is 4.79 Å². The standard InChI is InChI=1S/C14H25BNO4/c1-12(2,3)19-11(17)16-8-10(9-16)15-20-14(6,7)13(4,5)18/h8,18H,9H2,1-7H3. The molecule has 0 aromatic rings. The Bertz CT molecular complexity index is 404. The molecule has 1 rings (SSSR count). The van der Waals surface area contributed by atoms with Crippen LogP contribution >= 0.6 is 0 Å². The molecule has 6 heteroatoms. The predicted molar refractivity (Wildman–Crippen MR) is 78.2 cm³/mol. The number of aliphatic hydroxyl groups is 1. The van der Waals surface area contributed by atoms with Crippen molar-refractivity contribution in [3.8, 4) is 0 Å². The number of carbonyl (C=O) groups is 1. The maximum Gasteiger partial charge on any atom is 0.414 e. The molecule has 0 atom stereocenters. The van der Waals surface area contributed by atoms with Crippen molar-refractivity contribution >= 4 is 13.6 Å². The number of rotatable bonds is 4. The second-order valence-corrected chi connectivity index (χ2v) is 7.12. The quantitative estimate of drug-likeness (QED) is 0.803. The lowest BCUT2D eigenvalue weighted by molar-refractivity contribution is -0.0899. The first-order valence-electron chi connectivity index (χ1n) is 6.75. The highest BCUT2D eigenvalue weighted by Gasteiger charge is 2.37. The topological polar surface area (TPSA) is 59.0 Å². The molecule has 113 valence electrons. The van der Waals surface area contributed by atoms with Crippen LogP contribution in [0.3, 0.4) is 0 Å². The van der Waals surface area contributed by atoms with Gasteiger partial charge < -0.3 is 14.5 Å². The van der Waals surface area contributed by atoms with E-state index in [1.165, 1.54) is 4.90 Å². The molecule has 1 amide bonds. The third kappa shape index (κ3) is 4.53.